The van der Waals surface area contributed by atoms with Crippen LogP contribution in [0.2, 0.25) is 0 Å². The summed E-state index contributed by atoms with van der Waals surface area (Å²) in [6.07, 6.45) is 3.49. The summed E-state index contributed by atoms with van der Waals surface area (Å²) in [4.78, 5) is 0. The number of aromatic nitrogens is 2. The molecule has 1 atom stereocenters. The molecule has 2 rings (SSSR count). The number of benzene rings is 1. The summed E-state index contributed by atoms with van der Waals surface area (Å²) in [6, 6.07) is 9.07. The van der Waals surface area contributed by atoms with Crippen LogP contribution in [0.3, 0.4) is 0 Å². The molecule has 1 aromatic carbocycles. The van der Waals surface area contributed by atoms with Gasteiger partial charge in [-0.25, -0.2) is 4.39 Å². The third kappa shape index (κ3) is 3.45. The van der Waals surface area contributed by atoms with E-state index in [0.717, 1.165) is 30.8 Å². The maximum absolute atomic E-state index is 13.8. The fraction of sp³-hybridized carbons (Fsp3) is 0.438. The second-order valence-electron chi connectivity index (χ2n) is 4.89. The van der Waals surface area contributed by atoms with E-state index in [4.69, 9.17) is 0 Å². The smallest absolute Gasteiger partial charge is 0.126 e. The molecule has 20 heavy (non-hydrogen) atoms. The SMILES string of the molecule is CCCn1nccc1C(Cc1ccccc1F)NCC. The molecule has 108 valence electrons. The highest BCUT2D eigenvalue weighted by molar-refractivity contribution is 5.21. The molecular weight excluding hydrogens is 253 g/mol. The van der Waals surface area contributed by atoms with Gasteiger partial charge in [0.1, 0.15) is 5.82 Å². The number of nitrogens with zero attached hydrogens (tertiary/aromatic N) is 2. The number of halogens is 1. The number of likely N-dealkylation sites (N-methyl/N-ethyl adjacent to an activating group) is 1. The van der Waals surface area contributed by atoms with Gasteiger partial charge in [-0.05, 0) is 37.1 Å². The molecule has 0 saturated carbocycles. The number of aryl methyl sites for hydroxylation is 1. The molecule has 0 bridgehead atoms. The highest BCUT2D eigenvalue weighted by Crippen LogP contribution is 2.20. The number of hydrogen-bond acceptors (Lipinski definition) is 2. The van der Waals surface area contributed by atoms with Gasteiger partial charge in [-0.2, -0.15) is 5.10 Å². The van der Waals surface area contributed by atoms with Gasteiger partial charge in [0.05, 0.1) is 11.7 Å². The molecule has 0 saturated heterocycles. The molecule has 0 aliphatic carbocycles. The van der Waals surface area contributed by atoms with Gasteiger partial charge in [0.25, 0.3) is 0 Å². The van der Waals surface area contributed by atoms with Crippen molar-refractivity contribution >= 4 is 0 Å². The van der Waals surface area contributed by atoms with Gasteiger partial charge in [0.15, 0.2) is 0 Å². The summed E-state index contributed by atoms with van der Waals surface area (Å²) in [7, 11) is 0. The van der Waals surface area contributed by atoms with Gasteiger partial charge in [-0.3, -0.25) is 4.68 Å². The lowest BCUT2D eigenvalue weighted by Gasteiger charge is -2.20. The summed E-state index contributed by atoms with van der Waals surface area (Å²) in [5.74, 6) is -0.142. The fourth-order valence-electron chi connectivity index (χ4n) is 2.45. The van der Waals surface area contributed by atoms with Crippen molar-refractivity contribution in [1.29, 1.82) is 0 Å². The van der Waals surface area contributed by atoms with E-state index in [1.807, 2.05) is 29.1 Å². The van der Waals surface area contributed by atoms with Crippen LogP contribution < -0.4 is 5.32 Å². The molecule has 0 fully saturated rings. The van der Waals surface area contributed by atoms with Gasteiger partial charge in [-0.1, -0.05) is 32.0 Å². The van der Waals surface area contributed by atoms with Crippen molar-refractivity contribution in [3.05, 3.63) is 53.6 Å². The van der Waals surface area contributed by atoms with E-state index in [1.54, 1.807) is 6.07 Å². The van der Waals surface area contributed by atoms with E-state index in [9.17, 15) is 4.39 Å². The molecule has 1 heterocycles. The minimum absolute atomic E-state index is 0.0888. The first-order valence-electron chi connectivity index (χ1n) is 7.24. The van der Waals surface area contributed by atoms with E-state index in [2.05, 4.69) is 24.3 Å². The predicted molar refractivity (Wildman–Crippen MR) is 79.0 cm³/mol. The van der Waals surface area contributed by atoms with Crippen molar-refractivity contribution in [2.45, 2.75) is 39.3 Å². The molecule has 0 spiro atoms. The number of hydrogen-bond donors (Lipinski definition) is 1. The average Bonchev–Trinajstić information content (AvgIpc) is 2.89. The maximum Gasteiger partial charge on any atom is 0.126 e. The van der Waals surface area contributed by atoms with Crippen LogP contribution in [-0.4, -0.2) is 16.3 Å². The van der Waals surface area contributed by atoms with Crippen LogP contribution in [0.5, 0.6) is 0 Å². The van der Waals surface area contributed by atoms with Gasteiger partial charge in [0.2, 0.25) is 0 Å². The predicted octanol–water partition coefficient (Wildman–Crippen LogP) is 3.33. The summed E-state index contributed by atoms with van der Waals surface area (Å²) in [6.45, 7) is 5.93. The van der Waals surface area contributed by atoms with E-state index in [-0.39, 0.29) is 11.9 Å². The Morgan fingerprint density at radius 2 is 2.05 bits per heavy atom. The summed E-state index contributed by atoms with van der Waals surface area (Å²) >= 11 is 0. The molecule has 1 N–H and O–H groups in total. The Balaban J connectivity index is 2.22. The molecule has 4 heteroatoms. The van der Waals surface area contributed by atoms with E-state index < -0.39 is 0 Å². The zero-order valence-electron chi connectivity index (χ0n) is 12.1. The van der Waals surface area contributed by atoms with Crippen molar-refractivity contribution < 1.29 is 4.39 Å². The Labute approximate surface area is 119 Å². The molecular formula is C16H22FN3. The molecule has 0 radical (unpaired) electrons. The molecule has 1 aromatic heterocycles. The van der Waals surface area contributed by atoms with Crippen LogP contribution >= 0.6 is 0 Å². The molecule has 0 amide bonds. The third-order valence-corrected chi connectivity index (χ3v) is 3.37. The van der Waals surface area contributed by atoms with Crippen LogP contribution in [0, 0.1) is 5.82 Å². The average molecular weight is 275 g/mol. The van der Waals surface area contributed by atoms with E-state index >= 15 is 0 Å². The lowest BCUT2D eigenvalue weighted by molar-refractivity contribution is 0.470. The van der Waals surface area contributed by atoms with Gasteiger partial charge >= 0.3 is 0 Å². The molecule has 1 unspecified atom stereocenters. The third-order valence-electron chi connectivity index (χ3n) is 3.37. The van der Waals surface area contributed by atoms with Crippen LogP contribution in [0.1, 0.15) is 37.6 Å². The first-order valence-corrected chi connectivity index (χ1v) is 7.24. The Kier molecular flexibility index (Phi) is 5.30. The maximum atomic E-state index is 13.8. The van der Waals surface area contributed by atoms with Crippen LogP contribution in [0.25, 0.3) is 0 Å². The van der Waals surface area contributed by atoms with E-state index in [1.165, 1.54) is 6.07 Å². The highest BCUT2D eigenvalue weighted by Gasteiger charge is 2.17. The number of rotatable bonds is 7. The second kappa shape index (κ2) is 7.20. The molecule has 3 nitrogen and oxygen atoms in total. The Hall–Kier alpha value is -1.68. The van der Waals surface area contributed by atoms with E-state index in [0.29, 0.717) is 6.42 Å². The van der Waals surface area contributed by atoms with Crippen molar-refractivity contribution in [3.63, 3.8) is 0 Å². The van der Waals surface area contributed by atoms with Crippen LogP contribution in [-0.2, 0) is 13.0 Å². The quantitative estimate of drug-likeness (QED) is 0.840. The van der Waals surface area contributed by atoms with Crippen LogP contribution in [0.4, 0.5) is 4.39 Å². The first kappa shape index (κ1) is 14.7. The highest BCUT2D eigenvalue weighted by atomic mass is 19.1. The van der Waals surface area contributed by atoms with Crippen molar-refractivity contribution in [2.24, 2.45) is 0 Å². The molecule has 0 aliphatic rings. The summed E-state index contributed by atoms with van der Waals surface area (Å²) < 4.78 is 15.8. The van der Waals surface area contributed by atoms with Crippen molar-refractivity contribution in [1.82, 2.24) is 15.1 Å². The number of nitrogens with one attached hydrogen (secondary N) is 1. The van der Waals surface area contributed by atoms with Crippen LogP contribution in [0.15, 0.2) is 36.5 Å². The van der Waals surface area contributed by atoms with Gasteiger partial charge in [0, 0.05) is 12.7 Å². The first-order chi connectivity index (χ1) is 9.76. The zero-order chi connectivity index (χ0) is 14.4. The Morgan fingerprint density at radius 3 is 2.75 bits per heavy atom. The van der Waals surface area contributed by atoms with Gasteiger partial charge < -0.3 is 5.32 Å². The van der Waals surface area contributed by atoms with Crippen molar-refractivity contribution in [2.75, 3.05) is 6.54 Å². The molecule has 2 aromatic rings. The second-order valence-corrected chi connectivity index (χ2v) is 4.89. The monoisotopic (exact) mass is 275 g/mol. The van der Waals surface area contributed by atoms with Gasteiger partial charge in [-0.15, -0.1) is 0 Å². The lowest BCUT2D eigenvalue weighted by atomic mass is 10.0. The topological polar surface area (TPSA) is 29.9 Å². The standard InChI is InChI=1S/C16H22FN3/c1-3-11-20-16(9-10-19-20)15(18-4-2)12-13-7-5-6-8-14(13)17/h5-10,15,18H,3-4,11-12H2,1-2H3. The molecule has 0 aliphatic heterocycles. The summed E-state index contributed by atoms with van der Waals surface area (Å²) in [5, 5.41) is 7.79. The Morgan fingerprint density at radius 1 is 1.25 bits per heavy atom. The minimum Gasteiger partial charge on any atom is -0.309 e. The summed E-state index contributed by atoms with van der Waals surface area (Å²) in [5.41, 5.74) is 1.86. The Bertz CT molecular complexity index is 536. The largest absolute Gasteiger partial charge is 0.309 e. The minimum atomic E-state index is -0.142. The lowest BCUT2D eigenvalue weighted by Crippen LogP contribution is -2.26. The van der Waals surface area contributed by atoms with Crippen molar-refractivity contribution in [3.8, 4) is 0 Å². The fourth-order valence-corrected chi connectivity index (χ4v) is 2.45. The zero-order valence-corrected chi connectivity index (χ0v) is 12.1. The normalized spacial score (nSPS) is 12.6.